The normalized spacial score (nSPS) is 10.2. The number of ether oxygens (including phenoxy) is 2. The SMILES string of the molecule is COc1nc(N)nc(Oc2ccc(Br)cc2Br)n1. The Labute approximate surface area is 120 Å². The molecule has 2 aromatic rings. The minimum atomic E-state index is 0.0325. The molecule has 2 rings (SSSR count). The molecule has 0 atom stereocenters. The zero-order valence-corrected chi connectivity index (χ0v) is 12.4. The van der Waals surface area contributed by atoms with Crippen molar-refractivity contribution in [2.24, 2.45) is 0 Å². The lowest BCUT2D eigenvalue weighted by Gasteiger charge is -2.07. The Balaban J connectivity index is 2.30. The molecule has 1 aromatic carbocycles. The molecule has 18 heavy (non-hydrogen) atoms. The lowest BCUT2D eigenvalue weighted by atomic mass is 10.3. The predicted octanol–water partition coefficient (Wildman–Crippen LogP) is 2.78. The summed E-state index contributed by atoms with van der Waals surface area (Å²) in [6.07, 6.45) is 0. The summed E-state index contributed by atoms with van der Waals surface area (Å²) >= 11 is 6.72. The van der Waals surface area contributed by atoms with Gasteiger partial charge < -0.3 is 15.2 Å². The van der Waals surface area contributed by atoms with E-state index in [4.69, 9.17) is 15.2 Å². The molecule has 0 amide bonds. The van der Waals surface area contributed by atoms with Crippen LogP contribution in [0.25, 0.3) is 0 Å². The first-order valence-electron chi connectivity index (χ1n) is 4.77. The van der Waals surface area contributed by atoms with E-state index in [-0.39, 0.29) is 18.0 Å². The average Bonchev–Trinajstić information content (AvgIpc) is 2.32. The molecule has 0 unspecified atom stereocenters. The fourth-order valence-corrected chi connectivity index (χ4v) is 2.27. The zero-order chi connectivity index (χ0) is 13.1. The lowest BCUT2D eigenvalue weighted by molar-refractivity contribution is 0.360. The highest BCUT2D eigenvalue weighted by atomic mass is 79.9. The smallest absolute Gasteiger partial charge is 0.330 e. The summed E-state index contributed by atoms with van der Waals surface area (Å²) in [5.41, 5.74) is 5.51. The molecule has 6 nitrogen and oxygen atoms in total. The molecule has 0 radical (unpaired) electrons. The van der Waals surface area contributed by atoms with Crippen LogP contribution in [-0.4, -0.2) is 22.1 Å². The largest absolute Gasteiger partial charge is 0.467 e. The molecule has 0 aliphatic carbocycles. The van der Waals surface area contributed by atoms with Crippen LogP contribution in [0.4, 0.5) is 5.95 Å². The van der Waals surface area contributed by atoms with Gasteiger partial charge in [0, 0.05) is 4.47 Å². The average molecular weight is 376 g/mol. The Kier molecular flexibility index (Phi) is 3.97. The Bertz CT molecular complexity index is 580. The first-order valence-corrected chi connectivity index (χ1v) is 6.35. The topological polar surface area (TPSA) is 83.2 Å². The fraction of sp³-hybridized carbons (Fsp3) is 0.100. The number of nitrogens with zero attached hydrogens (tertiary/aromatic N) is 3. The first-order chi connectivity index (χ1) is 8.58. The summed E-state index contributed by atoms with van der Waals surface area (Å²) in [7, 11) is 1.44. The number of hydrogen-bond acceptors (Lipinski definition) is 6. The number of benzene rings is 1. The summed E-state index contributed by atoms with van der Waals surface area (Å²) in [5, 5.41) is 0. The Morgan fingerprint density at radius 1 is 1.11 bits per heavy atom. The van der Waals surface area contributed by atoms with Gasteiger partial charge in [-0.25, -0.2) is 0 Å². The molecule has 0 spiro atoms. The molecule has 0 bridgehead atoms. The molecule has 0 aliphatic heterocycles. The van der Waals surface area contributed by atoms with E-state index in [9.17, 15) is 0 Å². The molecule has 2 N–H and O–H groups in total. The van der Waals surface area contributed by atoms with E-state index in [0.29, 0.717) is 5.75 Å². The maximum atomic E-state index is 5.51. The van der Waals surface area contributed by atoms with Crippen LogP contribution in [0.15, 0.2) is 27.1 Å². The second-order valence-electron chi connectivity index (χ2n) is 3.14. The number of halogens is 2. The van der Waals surface area contributed by atoms with E-state index in [1.165, 1.54) is 7.11 Å². The number of methoxy groups -OCH3 is 1. The van der Waals surface area contributed by atoms with Gasteiger partial charge in [-0.3, -0.25) is 0 Å². The molecule has 94 valence electrons. The lowest BCUT2D eigenvalue weighted by Crippen LogP contribution is -2.02. The molecule has 8 heteroatoms. The summed E-state index contributed by atoms with van der Waals surface area (Å²) in [6.45, 7) is 0. The van der Waals surface area contributed by atoms with Crippen LogP contribution >= 0.6 is 31.9 Å². The van der Waals surface area contributed by atoms with E-state index >= 15 is 0 Å². The van der Waals surface area contributed by atoms with Gasteiger partial charge in [0.1, 0.15) is 5.75 Å². The van der Waals surface area contributed by atoms with Crippen molar-refractivity contribution in [1.29, 1.82) is 0 Å². The van der Waals surface area contributed by atoms with Crippen molar-refractivity contribution in [3.63, 3.8) is 0 Å². The van der Waals surface area contributed by atoms with Crippen LogP contribution in [-0.2, 0) is 0 Å². The predicted molar refractivity (Wildman–Crippen MR) is 72.7 cm³/mol. The van der Waals surface area contributed by atoms with Gasteiger partial charge in [0.25, 0.3) is 0 Å². The molecule has 0 saturated carbocycles. The van der Waals surface area contributed by atoms with Gasteiger partial charge in [-0.05, 0) is 34.1 Å². The van der Waals surface area contributed by atoms with Gasteiger partial charge in [0.2, 0.25) is 5.95 Å². The molecule has 1 heterocycles. The van der Waals surface area contributed by atoms with Crippen LogP contribution in [0.5, 0.6) is 17.8 Å². The minimum Gasteiger partial charge on any atom is -0.467 e. The van der Waals surface area contributed by atoms with Crippen molar-refractivity contribution in [1.82, 2.24) is 15.0 Å². The second-order valence-corrected chi connectivity index (χ2v) is 4.91. The Morgan fingerprint density at radius 3 is 2.50 bits per heavy atom. The van der Waals surface area contributed by atoms with Crippen LogP contribution < -0.4 is 15.2 Å². The fourth-order valence-electron chi connectivity index (χ4n) is 1.15. The minimum absolute atomic E-state index is 0.0325. The number of anilines is 1. The summed E-state index contributed by atoms with van der Waals surface area (Å²) in [4.78, 5) is 11.6. The van der Waals surface area contributed by atoms with Crippen LogP contribution in [0.3, 0.4) is 0 Å². The van der Waals surface area contributed by atoms with Gasteiger partial charge >= 0.3 is 12.0 Å². The zero-order valence-electron chi connectivity index (χ0n) is 9.22. The van der Waals surface area contributed by atoms with E-state index in [1.807, 2.05) is 12.1 Å². The highest BCUT2D eigenvalue weighted by Crippen LogP contribution is 2.31. The summed E-state index contributed by atoms with van der Waals surface area (Å²) < 4.78 is 12.1. The van der Waals surface area contributed by atoms with Gasteiger partial charge in [0.05, 0.1) is 11.6 Å². The summed E-state index contributed by atoms with van der Waals surface area (Å²) in [6, 6.07) is 5.62. The van der Waals surface area contributed by atoms with Gasteiger partial charge in [-0.2, -0.15) is 9.97 Å². The van der Waals surface area contributed by atoms with Gasteiger partial charge in [-0.1, -0.05) is 15.9 Å². The van der Waals surface area contributed by atoms with Gasteiger partial charge in [0.15, 0.2) is 0 Å². The molecule has 0 saturated heterocycles. The van der Waals surface area contributed by atoms with Crippen LogP contribution in [0.2, 0.25) is 0 Å². The third kappa shape index (κ3) is 3.08. The van der Waals surface area contributed by atoms with Crippen molar-refractivity contribution in [2.45, 2.75) is 0 Å². The van der Waals surface area contributed by atoms with Gasteiger partial charge in [-0.15, -0.1) is 4.98 Å². The van der Waals surface area contributed by atoms with Crippen LogP contribution in [0.1, 0.15) is 0 Å². The molecular weight excluding hydrogens is 368 g/mol. The molecule has 1 aromatic heterocycles. The third-order valence-corrected chi connectivity index (χ3v) is 3.00. The summed E-state index contributed by atoms with van der Waals surface area (Å²) in [5.74, 6) is 0.593. The van der Waals surface area contributed by atoms with Crippen LogP contribution in [0, 0.1) is 0 Å². The molecular formula is C10H8Br2N4O2. The standard InChI is InChI=1S/C10H8Br2N4O2/c1-17-9-14-8(13)15-10(16-9)18-7-3-2-5(11)4-6(7)12/h2-4H,1H3,(H2,13,14,15,16). The number of rotatable bonds is 3. The van der Waals surface area contributed by atoms with Crippen molar-refractivity contribution < 1.29 is 9.47 Å². The third-order valence-electron chi connectivity index (χ3n) is 1.89. The number of aromatic nitrogens is 3. The number of hydrogen-bond donors (Lipinski definition) is 1. The maximum Gasteiger partial charge on any atom is 0.330 e. The van der Waals surface area contributed by atoms with Crippen molar-refractivity contribution >= 4 is 37.8 Å². The highest BCUT2D eigenvalue weighted by Gasteiger charge is 2.09. The first kappa shape index (κ1) is 13.0. The number of nitrogen functional groups attached to an aromatic ring is 1. The quantitative estimate of drug-likeness (QED) is 0.887. The van der Waals surface area contributed by atoms with Crippen molar-refractivity contribution in [3.8, 4) is 17.8 Å². The van der Waals surface area contributed by atoms with Crippen molar-refractivity contribution in [2.75, 3.05) is 12.8 Å². The number of nitrogens with two attached hydrogens (primary N) is 1. The second kappa shape index (κ2) is 5.49. The van der Waals surface area contributed by atoms with E-state index in [1.54, 1.807) is 6.07 Å². The van der Waals surface area contributed by atoms with E-state index < -0.39 is 0 Å². The van der Waals surface area contributed by atoms with Crippen molar-refractivity contribution in [3.05, 3.63) is 27.1 Å². The van der Waals surface area contributed by atoms with E-state index in [2.05, 4.69) is 46.8 Å². The highest BCUT2D eigenvalue weighted by molar-refractivity contribution is 9.11. The molecule has 0 fully saturated rings. The maximum absolute atomic E-state index is 5.51. The molecule has 0 aliphatic rings. The Morgan fingerprint density at radius 2 is 1.83 bits per heavy atom. The van der Waals surface area contributed by atoms with E-state index in [0.717, 1.165) is 8.95 Å². The monoisotopic (exact) mass is 374 g/mol. The Hall–Kier alpha value is -1.41.